The monoisotopic (exact) mass is 213 g/mol. The first-order valence-electron chi connectivity index (χ1n) is 5.26. The fourth-order valence-electron chi connectivity index (χ4n) is 1.90. The first-order valence-corrected chi connectivity index (χ1v) is 5.26. The predicted molar refractivity (Wildman–Crippen MR) is 51.1 cm³/mol. The van der Waals surface area contributed by atoms with E-state index in [2.05, 4.69) is 0 Å². The van der Waals surface area contributed by atoms with Gasteiger partial charge in [-0.1, -0.05) is 0 Å². The van der Waals surface area contributed by atoms with Gasteiger partial charge in [-0.15, -0.1) is 0 Å². The molecular weight excluding hydrogens is 198 g/mol. The molecule has 2 rings (SSSR count). The molecule has 0 aliphatic carbocycles. The Bertz CT molecular complexity index is 250. The molecule has 0 saturated carbocycles. The molecule has 0 aromatic rings. The van der Waals surface area contributed by atoms with Crippen LogP contribution < -0.4 is 0 Å². The minimum atomic E-state index is -0.276. The molecule has 0 radical (unpaired) electrons. The summed E-state index contributed by atoms with van der Waals surface area (Å²) in [5, 5.41) is 0. The second-order valence-electron chi connectivity index (χ2n) is 3.90. The van der Waals surface area contributed by atoms with Gasteiger partial charge in [0.25, 0.3) is 0 Å². The molecule has 5 nitrogen and oxygen atoms in total. The Balaban J connectivity index is 1.82. The summed E-state index contributed by atoms with van der Waals surface area (Å²) in [5.74, 6) is -0.0726. The summed E-state index contributed by atoms with van der Waals surface area (Å²) in [6.07, 6.45) is 1.68. The minimum absolute atomic E-state index is 0.0254. The van der Waals surface area contributed by atoms with Gasteiger partial charge < -0.3 is 19.2 Å². The van der Waals surface area contributed by atoms with Crippen LogP contribution in [0.5, 0.6) is 0 Å². The Kier molecular flexibility index (Phi) is 3.33. The van der Waals surface area contributed by atoms with Gasteiger partial charge in [-0.2, -0.15) is 0 Å². The maximum Gasteiger partial charge on any atom is 0.223 e. The van der Waals surface area contributed by atoms with Crippen LogP contribution in [-0.4, -0.2) is 49.7 Å². The fourth-order valence-corrected chi connectivity index (χ4v) is 1.90. The molecule has 1 amide bonds. The molecule has 2 heterocycles. The van der Waals surface area contributed by atoms with E-state index in [0.29, 0.717) is 32.7 Å². The number of aldehydes is 1. The highest BCUT2D eigenvalue weighted by Gasteiger charge is 2.28. The van der Waals surface area contributed by atoms with Crippen molar-refractivity contribution in [2.45, 2.75) is 19.1 Å². The van der Waals surface area contributed by atoms with E-state index in [1.54, 1.807) is 4.90 Å². The van der Waals surface area contributed by atoms with Crippen LogP contribution in [0.1, 0.15) is 12.8 Å². The Labute approximate surface area is 88.3 Å². The van der Waals surface area contributed by atoms with Crippen molar-refractivity contribution in [3.05, 3.63) is 0 Å². The second kappa shape index (κ2) is 4.72. The number of piperidine rings is 1. The number of amides is 1. The molecule has 5 heteroatoms. The van der Waals surface area contributed by atoms with Crippen LogP contribution in [0.4, 0.5) is 0 Å². The van der Waals surface area contributed by atoms with Gasteiger partial charge in [-0.25, -0.2) is 0 Å². The summed E-state index contributed by atoms with van der Waals surface area (Å²) in [6, 6.07) is 0. The van der Waals surface area contributed by atoms with E-state index >= 15 is 0 Å². The summed E-state index contributed by atoms with van der Waals surface area (Å²) < 4.78 is 10.5. The average Bonchev–Trinajstić information content (AvgIpc) is 2.74. The number of hydrogen-bond acceptors (Lipinski definition) is 4. The zero-order valence-corrected chi connectivity index (χ0v) is 8.55. The average molecular weight is 213 g/mol. The molecule has 1 unspecified atom stereocenters. The van der Waals surface area contributed by atoms with Crippen LogP contribution >= 0.6 is 0 Å². The van der Waals surface area contributed by atoms with Gasteiger partial charge in [-0.05, 0) is 6.42 Å². The third kappa shape index (κ3) is 2.54. The highest BCUT2D eigenvalue weighted by molar-refractivity contribution is 5.80. The number of ether oxygens (including phenoxy) is 2. The zero-order valence-electron chi connectivity index (χ0n) is 8.55. The normalized spacial score (nSPS) is 28.4. The van der Waals surface area contributed by atoms with Crippen molar-refractivity contribution in [2.24, 2.45) is 5.92 Å². The number of nitrogens with zero attached hydrogens (tertiary/aromatic N) is 1. The predicted octanol–water partition coefficient (Wildman–Crippen LogP) is -0.203. The standard InChI is InChI=1S/C10H15NO4/c12-7-8-1-2-11(9(13)5-8)6-10-14-3-4-15-10/h7-8,10H,1-6H2. The van der Waals surface area contributed by atoms with Crippen LogP contribution in [0, 0.1) is 5.92 Å². The molecule has 0 N–H and O–H groups in total. The van der Waals surface area contributed by atoms with Crippen LogP contribution in [-0.2, 0) is 19.1 Å². The van der Waals surface area contributed by atoms with Gasteiger partial charge in [0, 0.05) is 18.9 Å². The lowest BCUT2D eigenvalue weighted by Gasteiger charge is -2.30. The summed E-state index contributed by atoms with van der Waals surface area (Å²) in [5.41, 5.74) is 0. The molecular formula is C10H15NO4. The Morgan fingerprint density at radius 2 is 2.13 bits per heavy atom. The SMILES string of the molecule is O=CC1CCN(CC2OCCO2)C(=O)C1. The van der Waals surface area contributed by atoms with E-state index in [-0.39, 0.29) is 18.1 Å². The molecule has 2 aliphatic heterocycles. The summed E-state index contributed by atoms with van der Waals surface area (Å²) in [4.78, 5) is 23.9. The Hall–Kier alpha value is -0.940. The van der Waals surface area contributed by atoms with Gasteiger partial charge in [-0.3, -0.25) is 4.79 Å². The van der Waals surface area contributed by atoms with E-state index in [4.69, 9.17) is 9.47 Å². The minimum Gasteiger partial charge on any atom is -0.348 e. The van der Waals surface area contributed by atoms with Crippen LogP contribution in [0.25, 0.3) is 0 Å². The van der Waals surface area contributed by atoms with Gasteiger partial charge in [0.05, 0.1) is 19.8 Å². The third-order valence-electron chi connectivity index (χ3n) is 2.81. The maximum atomic E-state index is 11.6. The topological polar surface area (TPSA) is 55.8 Å². The van der Waals surface area contributed by atoms with Crippen molar-refractivity contribution in [3.8, 4) is 0 Å². The molecule has 0 spiro atoms. The van der Waals surface area contributed by atoms with Crippen LogP contribution in [0.3, 0.4) is 0 Å². The summed E-state index contributed by atoms with van der Waals surface area (Å²) >= 11 is 0. The molecule has 2 fully saturated rings. The first-order chi connectivity index (χ1) is 7.29. The maximum absolute atomic E-state index is 11.6. The first kappa shape index (κ1) is 10.6. The number of carbonyl (C=O) groups is 2. The van der Waals surface area contributed by atoms with Crippen LogP contribution in [0.15, 0.2) is 0 Å². The third-order valence-corrected chi connectivity index (χ3v) is 2.81. The lowest BCUT2D eigenvalue weighted by atomic mass is 9.98. The molecule has 0 bridgehead atoms. The van der Waals surface area contributed by atoms with E-state index in [0.717, 1.165) is 12.7 Å². The van der Waals surface area contributed by atoms with Gasteiger partial charge in [0.1, 0.15) is 6.29 Å². The van der Waals surface area contributed by atoms with E-state index in [1.165, 1.54) is 0 Å². The van der Waals surface area contributed by atoms with Crippen molar-refractivity contribution in [2.75, 3.05) is 26.3 Å². The highest BCUT2D eigenvalue weighted by atomic mass is 16.7. The van der Waals surface area contributed by atoms with Gasteiger partial charge in [0.2, 0.25) is 5.91 Å². The van der Waals surface area contributed by atoms with Crippen molar-refractivity contribution >= 4 is 12.2 Å². The van der Waals surface area contributed by atoms with Crippen molar-refractivity contribution in [3.63, 3.8) is 0 Å². The molecule has 0 aromatic heterocycles. The number of rotatable bonds is 3. The van der Waals surface area contributed by atoms with Crippen molar-refractivity contribution in [1.29, 1.82) is 0 Å². The molecule has 0 aromatic carbocycles. The van der Waals surface area contributed by atoms with Gasteiger partial charge in [0.15, 0.2) is 6.29 Å². The number of hydrogen-bond donors (Lipinski definition) is 0. The summed E-state index contributed by atoms with van der Waals surface area (Å²) in [6.45, 7) is 2.32. The van der Waals surface area contributed by atoms with Crippen molar-refractivity contribution in [1.82, 2.24) is 4.90 Å². The van der Waals surface area contributed by atoms with E-state index in [1.807, 2.05) is 0 Å². The lowest BCUT2D eigenvalue weighted by Crippen LogP contribution is -2.43. The molecule has 84 valence electrons. The van der Waals surface area contributed by atoms with Gasteiger partial charge >= 0.3 is 0 Å². The number of likely N-dealkylation sites (tertiary alicyclic amines) is 1. The molecule has 1 atom stereocenters. The smallest absolute Gasteiger partial charge is 0.223 e. The zero-order chi connectivity index (χ0) is 10.7. The molecule has 15 heavy (non-hydrogen) atoms. The summed E-state index contributed by atoms with van der Waals surface area (Å²) in [7, 11) is 0. The Morgan fingerprint density at radius 3 is 2.73 bits per heavy atom. The Morgan fingerprint density at radius 1 is 1.40 bits per heavy atom. The fraction of sp³-hybridized carbons (Fsp3) is 0.800. The quantitative estimate of drug-likeness (QED) is 0.609. The van der Waals surface area contributed by atoms with Crippen LogP contribution in [0.2, 0.25) is 0 Å². The number of carbonyl (C=O) groups excluding carboxylic acids is 2. The van der Waals surface area contributed by atoms with E-state index < -0.39 is 0 Å². The lowest BCUT2D eigenvalue weighted by molar-refractivity contribution is -0.143. The second-order valence-corrected chi connectivity index (χ2v) is 3.90. The highest BCUT2D eigenvalue weighted by Crippen LogP contribution is 2.17. The van der Waals surface area contributed by atoms with E-state index in [9.17, 15) is 9.59 Å². The van der Waals surface area contributed by atoms with Crippen molar-refractivity contribution < 1.29 is 19.1 Å². The molecule has 2 saturated heterocycles. The largest absolute Gasteiger partial charge is 0.348 e. The molecule has 2 aliphatic rings.